The first-order valence-corrected chi connectivity index (χ1v) is 7.03. The van der Waals surface area contributed by atoms with Crippen molar-refractivity contribution in [3.05, 3.63) is 18.2 Å². The Morgan fingerprint density at radius 2 is 2.24 bits per heavy atom. The maximum Gasteiger partial charge on any atom is 0.0950 e. The van der Waals surface area contributed by atoms with Gasteiger partial charge < -0.3 is 9.88 Å². The van der Waals surface area contributed by atoms with Crippen LogP contribution in [0.15, 0.2) is 12.5 Å². The summed E-state index contributed by atoms with van der Waals surface area (Å²) >= 11 is 0. The Balaban J connectivity index is 1.49. The van der Waals surface area contributed by atoms with Crippen LogP contribution in [0.1, 0.15) is 44.7 Å². The molecule has 2 fully saturated rings. The zero-order valence-corrected chi connectivity index (χ0v) is 10.7. The molecular weight excluding hydrogens is 210 g/mol. The highest BCUT2D eigenvalue weighted by Gasteiger charge is 2.22. The average molecular weight is 233 g/mol. The molecule has 0 aliphatic heterocycles. The molecule has 17 heavy (non-hydrogen) atoms. The standard InChI is InChI=1S/C14H23N3/c1-11-2-3-12(6-11)8-17-9-14(16-10-17)7-15-13-4-5-13/h9-13,15H,2-8H2,1H3. The van der Waals surface area contributed by atoms with Gasteiger partial charge in [-0.05, 0) is 37.5 Å². The van der Waals surface area contributed by atoms with Crippen molar-refractivity contribution in [1.29, 1.82) is 0 Å². The number of hydrogen-bond acceptors (Lipinski definition) is 2. The molecular formula is C14H23N3. The Labute approximate surface area is 104 Å². The zero-order chi connectivity index (χ0) is 11.7. The van der Waals surface area contributed by atoms with Crippen molar-refractivity contribution in [3.63, 3.8) is 0 Å². The van der Waals surface area contributed by atoms with Crippen LogP contribution in [0.2, 0.25) is 0 Å². The first-order chi connectivity index (χ1) is 8.29. The van der Waals surface area contributed by atoms with Crippen molar-refractivity contribution in [2.75, 3.05) is 0 Å². The van der Waals surface area contributed by atoms with Gasteiger partial charge in [-0.3, -0.25) is 0 Å². The van der Waals surface area contributed by atoms with Crippen LogP contribution in [0, 0.1) is 11.8 Å². The first kappa shape index (κ1) is 11.3. The van der Waals surface area contributed by atoms with E-state index in [1.54, 1.807) is 0 Å². The molecule has 1 aromatic rings. The highest BCUT2D eigenvalue weighted by molar-refractivity contribution is 4.98. The fourth-order valence-electron chi connectivity index (χ4n) is 2.92. The zero-order valence-electron chi connectivity index (χ0n) is 10.7. The molecule has 0 amide bonds. The number of nitrogens with zero attached hydrogens (tertiary/aromatic N) is 2. The Morgan fingerprint density at radius 1 is 1.35 bits per heavy atom. The Kier molecular flexibility index (Phi) is 3.19. The van der Waals surface area contributed by atoms with Crippen molar-refractivity contribution in [2.45, 2.75) is 58.2 Å². The molecule has 0 radical (unpaired) electrons. The smallest absolute Gasteiger partial charge is 0.0950 e. The lowest BCUT2D eigenvalue weighted by atomic mass is 10.1. The van der Waals surface area contributed by atoms with E-state index in [1.807, 2.05) is 6.33 Å². The number of aromatic nitrogens is 2. The fraction of sp³-hybridized carbons (Fsp3) is 0.786. The lowest BCUT2D eigenvalue weighted by Gasteiger charge is -2.09. The van der Waals surface area contributed by atoms with Crippen molar-refractivity contribution in [3.8, 4) is 0 Å². The summed E-state index contributed by atoms with van der Waals surface area (Å²) in [6.45, 7) is 4.48. The van der Waals surface area contributed by atoms with Crippen LogP contribution in [0.5, 0.6) is 0 Å². The van der Waals surface area contributed by atoms with Crippen molar-refractivity contribution >= 4 is 0 Å². The number of hydrogen-bond donors (Lipinski definition) is 1. The SMILES string of the molecule is CC1CCC(Cn2cnc(CNC3CC3)c2)C1. The molecule has 2 atom stereocenters. The predicted octanol–water partition coefficient (Wildman–Crippen LogP) is 2.57. The molecule has 3 rings (SSSR count). The van der Waals surface area contributed by atoms with Crippen LogP contribution in [0.25, 0.3) is 0 Å². The minimum atomic E-state index is 0.774. The van der Waals surface area contributed by atoms with Gasteiger partial charge in [-0.1, -0.05) is 13.3 Å². The number of imidazole rings is 1. The van der Waals surface area contributed by atoms with Crippen LogP contribution < -0.4 is 5.32 Å². The summed E-state index contributed by atoms with van der Waals surface area (Å²) in [7, 11) is 0. The van der Waals surface area contributed by atoms with Crippen LogP contribution in [0.4, 0.5) is 0 Å². The summed E-state index contributed by atoms with van der Waals surface area (Å²) in [4.78, 5) is 4.48. The third-order valence-electron chi connectivity index (χ3n) is 4.11. The highest BCUT2D eigenvalue weighted by atomic mass is 15.1. The minimum Gasteiger partial charge on any atom is -0.337 e. The van der Waals surface area contributed by atoms with Gasteiger partial charge in [0, 0.05) is 25.3 Å². The first-order valence-electron chi connectivity index (χ1n) is 7.03. The quantitative estimate of drug-likeness (QED) is 0.847. The summed E-state index contributed by atoms with van der Waals surface area (Å²) in [6, 6.07) is 0.774. The van der Waals surface area contributed by atoms with E-state index in [-0.39, 0.29) is 0 Å². The summed E-state index contributed by atoms with van der Waals surface area (Å²) in [5.74, 6) is 1.81. The minimum absolute atomic E-state index is 0.774. The van der Waals surface area contributed by atoms with E-state index >= 15 is 0 Å². The van der Waals surface area contributed by atoms with Gasteiger partial charge in [-0.2, -0.15) is 0 Å². The van der Waals surface area contributed by atoms with E-state index in [2.05, 4.69) is 28.0 Å². The Morgan fingerprint density at radius 3 is 2.94 bits per heavy atom. The van der Waals surface area contributed by atoms with Gasteiger partial charge in [0.2, 0.25) is 0 Å². The maximum absolute atomic E-state index is 4.48. The highest BCUT2D eigenvalue weighted by Crippen LogP contribution is 2.31. The summed E-state index contributed by atoms with van der Waals surface area (Å²) in [5, 5.41) is 3.51. The van der Waals surface area contributed by atoms with Crippen molar-refractivity contribution in [2.24, 2.45) is 11.8 Å². The maximum atomic E-state index is 4.48. The summed E-state index contributed by atoms with van der Waals surface area (Å²) in [5.41, 5.74) is 1.20. The van der Waals surface area contributed by atoms with E-state index in [1.165, 1.54) is 44.3 Å². The topological polar surface area (TPSA) is 29.9 Å². The second-order valence-corrected chi connectivity index (χ2v) is 6.00. The van der Waals surface area contributed by atoms with E-state index in [0.29, 0.717) is 0 Å². The lowest BCUT2D eigenvalue weighted by molar-refractivity contribution is 0.440. The molecule has 94 valence electrons. The average Bonchev–Trinajstić information content (AvgIpc) is 2.90. The van der Waals surface area contributed by atoms with Crippen molar-refractivity contribution in [1.82, 2.24) is 14.9 Å². The molecule has 3 nitrogen and oxygen atoms in total. The third-order valence-corrected chi connectivity index (χ3v) is 4.11. The summed E-state index contributed by atoms with van der Waals surface area (Å²) in [6.07, 6.45) is 11.1. The molecule has 0 bridgehead atoms. The second kappa shape index (κ2) is 4.81. The molecule has 1 heterocycles. The van der Waals surface area contributed by atoms with Crippen molar-refractivity contribution < 1.29 is 0 Å². The largest absolute Gasteiger partial charge is 0.337 e. The predicted molar refractivity (Wildman–Crippen MR) is 68.6 cm³/mol. The molecule has 2 aliphatic carbocycles. The second-order valence-electron chi connectivity index (χ2n) is 6.00. The van der Waals surface area contributed by atoms with E-state index in [0.717, 1.165) is 24.4 Å². The lowest BCUT2D eigenvalue weighted by Crippen LogP contribution is -2.15. The van der Waals surface area contributed by atoms with Crippen LogP contribution in [-0.4, -0.2) is 15.6 Å². The van der Waals surface area contributed by atoms with Gasteiger partial charge in [0.25, 0.3) is 0 Å². The third kappa shape index (κ3) is 3.09. The monoisotopic (exact) mass is 233 g/mol. The molecule has 2 aliphatic rings. The van der Waals surface area contributed by atoms with Gasteiger partial charge in [-0.15, -0.1) is 0 Å². The fourth-order valence-corrected chi connectivity index (χ4v) is 2.92. The van der Waals surface area contributed by atoms with E-state index < -0.39 is 0 Å². The van der Waals surface area contributed by atoms with Gasteiger partial charge >= 0.3 is 0 Å². The number of rotatable bonds is 5. The summed E-state index contributed by atoms with van der Waals surface area (Å²) < 4.78 is 2.28. The van der Waals surface area contributed by atoms with Gasteiger partial charge in [0.05, 0.1) is 12.0 Å². The van der Waals surface area contributed by atoms with Crippen LogP contribution in [0.3, 0.4) is 0 Å². The van der Waals surface area contributed by atoms with E-state index in [9.17, 15) is 0 Å². The molecule has 0 spiro atoms. The van der Waals surface area contributed by atoms with Gasteiger partial charge in [-0.25, -0.2) is 4.98 Å². The molecule has 0 aromatic carbocycles. The van der Waals surface area contributed by atoms with Crippen LogP contribution >= 0.6 is 0 Å². The molecule has 1 N–H and O–H groups in total. The van der Waals surface area contributed by atoms with Gasteiger partial charge in [0.1, 0.15) is 0 Å². The Hall–Kier alpha value is -0.830. The van der Waals surface area contributed by atoms with Crippen LogP contribution in [-0.2, 0) is 13.1 Å². The van der Waals surface area contributed by atoms with E-state index in [4.69, 9.17) is 0 Å². The molecule has 3 heteroatoms. The molecule has 1 aromatic heterocycles. The number of nitrogens with one attached hydrogen (secondary N) is 1. The molecule has 2 unspecified atom stereocenters. The van der Waals surface area contributed by atoms with Gasteiger partial charge in [0.15, 0.2) is 0 Å². The normalized spacial score (nSPS) is 28.8. The molecule has 2 saturated carbocycles. The Bertz CT molecular complexity index is 367. The molecule has 0 saturated heterocycles.